The van der Waals surface area contributed by atoms with Gasteiger partial charge in [0.25, 0.3) is 0 Å². The van der Waals surface area contributed by atoms with Crippen LogP contribution in [0.5, 0.6) is 11.5 Å². The summed E-state index contributed by atoms with van der Waals surface area (Å²) in [4.78, 5) is 14.4. The first-order valence-electron chi connectivity index (χ1n) is 11.8. The summed E-state index contributed by atoms with van der Waals surface area (Å²) >= 11 is 0. The van der Waals surface area contributed by atoms with Crippen LogP contribution in [0, 0.1) is 5.92 Å². The van der Waals surface area contributed by atoms with Crippen molar-refractivity contribution in [2.24, 2.45) is 5.92 Å². The zero-order valence-corrected chi connectivity index (χ0v) is 21.6. The summed E-state index contributed by atoms with van der Waals surface area (Å²) in [6.45, 7) is 3.13. The van der Waals surface area contributed by atoms with Crippen LogP contribution in [-0.4, -0.2) is 43.4 Å². The largest absolute Gasteiger partial charge is 0.467 e. The minimum Gasteiger partial charge on any atom is -0.467 e. The Kier molecular flexibility index (Phi) is 8.02. The Morgan fingerprint density at radius 2 is 1.76 bits per heavy atom. The van der Waals surface area contributed by atoms with E-state index >= 15 is 0 Å². The van der Waals surface area contributed by atoms with Crippen LogP contribution in [-0.2, 0) is 34.1 Å². The zero-order valence-electron chi connectivity index (χ0n) is 20.8. The summed E-state index contributed by atoms with van der Waals surface area (Å²) in [6.07, 6.45) is -3.25. The van der Waals surface area contributed by atoms with Crippen molar-refractivity contribution >= 4 is 15.9 Å². The molecule has 0 fully saturated rings. The lowest BCUT2D eigenvalue weighted by molar-refractivity contribution is -0.137. The van der Waals surface area contributed by atoms with Crippen LogP contribution in [0.1, 0.15) is 30.7 Å². The molecule has 0 spiro atoms. The number of carbonyl (C=O) groups is 1. The van der Waals surface area contributed by atoms with Crippen LogP contribution in [0.25, 0.3) is 0 Å². The van der Waals surface area contributed by atoms with Gasteiger partial charge >= 0.3 is 6.18 Å². The van der Waals surface area contributed by atoms with E-state index in [1.54, 1.807) is 44.2 Å². The average Bonchev–Trinajstić information content (AvgIpc) is 3.54. The number of sulfonamides is 1. The molecule has 1 amide bonds. The van der Waals surface area contributed by atoms with E-state index in [-0.39, 0.29) is 32.3 Å². The van der Waals surface area contributed by atoms with E-state index in [2.05, 4.69) is 0 Å². The summed E-state index contributed by atoms with van der Waals surface area (Å²) in [6, 6.07) is 12.1. The van der Waals surface area contributed by atoms with Crippen molar-refractivity contribution in [3.05, 3.63) is 77.7 Å². The number of alkyl halides is 3. The first-order chi connectivity index (χ1) is 17.9. The second-order valence-corrected chi connectivity index (χ2v) is 11.2. The van der Waals surface area contributed by atoms with Crippen LogP contribution in [0.2, 0.25) is 0 Å². The number of benzene rings is 2. The molecule has 4 rings (SSSR count). The highest BCUT2D eigenvalue weighted by atomic mass is 32.2. The van der Waals surface area contributed by atoms with E-state index in [9.17, 15) is 26.4 Å². The molecule has 1 aromatic heterocycles. The Morgan fingerprint density at radius 3 is 2.45 bits per heavy atom. The molecule has 0 atom stereocenters. The standard InChI is InChI=1S/C26H27F3N2O6S/c1-18(2)13-31(38(33,34)22-7-3-5-20(12-22)26(27,28)29)16-25(32)30(15-21-6-4-10-35-21)14-19-8-9-23-24(11-19)37-17-36-23/h3-12,18H,13-17H2,1-2H3. The van der Waals surface area contributed by atoms with Gasteiger partial charge in [-0.3, -0.25) is 4.79 Å². The van der Waals surface area contributed by atoms with Gasteiger partial charge in [-0.2, -0.15) is 17.5 Å². The Bertz CT molecular complexity index is 1370. The van der Waals surface area contributed by atoms with Crippen molar-refractivity contribution in [2.45, 2.75) is 38.0 Å². The maximum Gasteiger partial charge on any atom is 0.416 e. The quantitative estimate of drug-likeness (QED) is 0.356. The Morgan fingerprint density at radius 1 is 1.00 bits per heavy atom. The van der Waals surface area contributed by atoms with E-state index in [0.717, 1.165) is 22.5 Å². The molecule has 38 heavy (non-hydrogen) atoms. The first-order valence-corrected chi connectivity index (χ1v) is 13.2. The van der Waals surface area contributed by atoms with Crippen molar-refractivity contribution in [1.29, 1.82) is 0 Å². The third-order valence-corrected chi connectivity index (χ3v) is 7.58. The number of nitrogens with zero attached hydrogens (tertiary/aromatic N) is 2. The van der Waals surface area contributed by atoms with E-state index in [1.165, 1.54) is 11.2 Å². The van der Waals surface area contributed by atoms with Gasteiger partial charge in [0.05, 0.1) is 29.8 Å². The Hall–Kier alpha value is -3.51. The second kappa shape index (κ2) is 11.1. The van der Waals surface area contributed by atoms with Crippen LogP contribution >= 0.6 is 0 Å². The molecule has 0 radical (unpaired) electrons. The molecule has 8 nitrogen and oxygen atoms in total. The Labute approximate surface area is 218 Å². The molecule has 0 unspecified atom stereocenters. The van der Waals surface area contributed by atoms with E-state index in [4.69, 9.17) is 13.9 Å². The number of amides is 1. The summed E-state index contributed by atoms with van der Waals surface area (Å²) in [5.41, 5.74) is -0.373. The topological polar surface area (TPSA) is 89.3 Å². The van der Waals surface area contributed by atoms with E-state index in [0.29, 0.717) is 28.9 Å². The number of rotatable bonds is 10. The maximum absolute atomic E-state index is 13.5. The third kappa shape index (κ3) is 6.48. The van der Waals surface area contributed by atoms with Gasteiger partial charge in [-0.1, -0.05) is 26.0 Å². The highest BCUT2D eigenvalue weighted by molar-refractivity contribution is 7.89. The summed E-state index contributed by atoms with van der Waals surface area (Å²) in [7, 11) is -4.42. The fourth-order valence-electron chi connectivity index (χ4n) is 3.97. The lowest BCUT2D eigenvalue weighted by atomic mass is 10.2. The molecule has 3 aromatic rings. The predicted octanol–water partition coefficient (Wildman–Crippen LogP) is 4.90. The van der Waals surface area contributed by atoms with Crippen molar-refractivity contribution in [3.63, 3.8) is 0 Å². The minimum atomic E-state index is -4.71. The molecule has 204 valence electrons. The molecule has 1 aliphatic rings. The summed E-state index contributed by atoms with van der Waals surface area (Å²) < 4.78 is 83.7. The number of furan rings is 1. The van der Waals surface area contributed by atoms with Crippen LogP contribution in [0.4, 0.5) is 13.2 Å². The van der Waals surface area contributed by atoms with Gasteiger partial charge in [0.2, 0.25) is 22.7 Å². The number of halogens is 3. The first kappa shape index (κ1) is 27.5. The van der Waals surface area contributed by atoms with Crippen molar-refractivity contribution < 1.29 is 40.3 Å². The molecule has 1 aliphatic heterocycles. The van der Waals surface area contributed by atoms with Crippen molar-refractivity contribution in [3.8, 4) is 11.5 Å². The maximum atomic E-state index is 13.5. The second-order valence-electron chi connectivity index (χ2n) is 9.23. The van der Waals surface area contributed by atoms with Gasteiger partial charge in [-0.05, 0) is 53.9 Å². The molecule has 0 saturated carbocycles. The van der Waals surface area contributed by atoms with E-state index in [1.807, 2.05) is 0 Å². The minimum absolute atomic E-state index is 0.0550. The molecule has 2 heterocycles. The SMILES string of the molecule is CC(C)CN(CC(=O)N(Cc1ccc2c(c1)OCO2)Cc1ccco1)S(=O)(=O)c1cccc(C(F)(F)F)c1. The molecular formula is C26H27F3N2O6S. The Balaban J connectivity index is 1.61. The van der Waals surface area contributed by atoms with Crippen molar-refractivity contribution in [1.82, 2.24) is 9.21 Å². The molecule has 2 aromatic carbocycles. The molecule has 0 N–H and O–H groups in total. The lowest BCUT2D eigenvalue weighted by Crippen LogP contribution is -2.43. The van der Waals surface area contributed by atoms with Gasteiger partial charge < -0.3 is 18.8 Å². The van der Waals surface area contributed by atoms with E-state index < -0.39 is 39.1 Å². The van der Waals surface area contributed by atoms with Gasteiger partial charge in [0, 0.05) is 13.1 Å². The normalized spacial score (nSPS) is 13.3. The van der Waals surface area contributed by atoms with Crippen molar-refractivity contribution in [2.75, 3.05) is 19.9 Å². The fourth-order valence-corrected chi connectivity index (χ4v) is 5.57. The molecular weight excluding hydrogens is 525 g/mol. The monoisotopic (exact) mass is 552 g/mol. The number of ether oxygens (including phenoxy) is 2. The number of carbonyl (C=O) groups excluding carboxylic acids is 1. The average molecular weight is 553 g/mol. The highest BCUT2D eigenvalue weighted by Gasteiger charge is 2.34. The van der Waals surface area contributed by atoms with Crippen LogP contribution in [0.15, 0.2) is 70.2 Å². The molecule has 0 saturated heterocycles. The fraction of sp³-hybridized carbons (Fsp3) is 0.346. The molecule has 0 bridgehead atoms. The number of hydrogen-bond donors (Lipinski definition) is 0. The van der Waals surface area contributed by atoms with Crippen LogP contribution < -0.4 is 9.47 Å². The predicted molar refractivity (Wildman–Crippen MR) is 131 cm³/mol. The van der Waals surface area contributed by atoms with Gasteiger partial charge in [0.1, 0.15) is 5.76 Å². The zero-order chi connectivity index (χ0) is 27.5. The van der Waals surface area contributed by atoms with Gasteiger partial charge in [-0.25, -0.2) is 8.42 Å². The lowest BCUT2D eigenvalue weighted by Gasteiger charge is -2.28. The number of fused-ring (bicyclic) bond motifs is 1. The summed E-state index contributed by atoms with van der Waals surface area (Å²) in [5, 5.41) is 0. The van der Waals surface area contributed by atoms with Gasteiger partial charge in [-0.15, -0.1) is 0 Å². The smallest absolute Gasteiger partial charge is 0.416 e. The number of hydrogen-bond acceptors (Lipinski definition) is 6. The molecule has 12 heteroatoms. The summed E-state index contributed by atoms with van der Waals surface area (Å²) in [5.74, 6) is 0.843. The highest BCUT2D eigenvalue weighted by Crippen LogP contribution is 2.33. The van der Waals surface area contributed by atoms with Gasteiger partial charge in [0.15, 0.2) is 11.5 Å². The third-order valence-electron chi connectivity index (χ3n) is 5.77. The molecule has 0 aliphatic carbocycles. The van der Waals surface area contributed by atoms with Crippen LogP contribution in [0.3, 0.4) is 0 Å².